The molecule has 3 aromatic rings. The molecule has 3 aromatic carbocycles. The summed E-state index contributed by atoms with van der Waals surface area (Å²) in [6.07, 6.45) is 0.877. The summed E-state index contributed by atoms with van der Waals surface area (Å²) in [7, 11) is 1.60. The van der Waals surface area contributed by atoms with Crippen molar-refractivity contribution in [1.29, 1.82) is 5.26 Å². The van der Waals surface area contributed by atoms with Crippen LogP contribution in [0.4, 0.5) is 5.69 Å². The minimum atomic E-state index is -0.582. The summed E-state index contributed by atoms with van der Waals surface area (Å²) in [6.45, 7) is 0.328. The van der Waals surface area contributed by atoms with Crippen molar-refractivity contribution in [1.82, 2.24) is 5.32 Å². The number of hydrogen-bond acceptors (Lipinski definition) is 5. The predicted octanol–water partition coefficient (Wildman–Crippen LogP) is 5.79. The van der Waals surface area contributed by atoms with Gasteiger partial charge < -0.3 is 10.1 Å². The van der Waals surface area contributed by atoms with Crippen molar-refractivity contribution in [2.24, 2.45) is 0 Å². The Morgan fingerprint density at radius 1 is 1.11 bits per heavy atom. The number of amides is 2. The lowest BCUT2D eigenvalue weighted by Crippen LogP contribution is -2.32. The van der Waals surface area contributed by atoms with Crippen LogP contribution in [0.25, 0.3) is 0 Å². The minimum Gasteiger partial charge on any atom is -0.497 e. The van der Waals surface area contributed by atoms with Gasteiger partial charge in [-0.15, -0.1) is 0 Å². The third-order valence-corrected chi connectivity index (χ3v) is 7.66. The molecular weight excluding hydrogens is 529 g/mol. The van der Waals surface area contributed by atoms with Gasteiger partial charge in [0.05, 0.1) is 12.4 Å². The standard InChI is InChI=1S/C28H23Cl2N3O3S/c1-36-22-10-7-18(8-11-22)13-14-32-26(34)23(17-31)28-33(21-5-3-2-4-6-21)27(35)25(37-28)16-19-15-20(29)9-12-24(19)30/h2-12,15,25H,13-14,16H2,1H3,(H,32,34)/b28-23+/t25-/m0/s1. The average Bonchev–Trinajstić information content (AvgIpc) is 3.22. The number of anilines is 1. The van der Waals surface area contributed by atoms with Crippen LogP contribution in [0.5, 0.6) is 5.75 Å². The first kappa shape index (κ1) is 26.6. The molecule has 0 bridgehead atoms. The molecular formula is C28H23Cl2N3O3S. The van der Waals surface area contributed by atoms with Crippen LogP contribution in [0.3, 0.4) is 0 Å². The number of halogens is 2. The van der Waals surface area contributed by atoms with E-state index in [1.165, 1.54) is 16.7 Å². The van der Waals surface area contributed by atoms with E-state index < -0.39 is 11.2 Å². The van der Waals surface area contributed by atoms with Gasteiger partial charge in [-0.25, -0.2) is 0 Å². The number of methoxy groups -OCH3 is 1. The maximum atomic E-state index is 13.6. The largest absolute Gasteiger partial charge is 0.497 e. The number of carbonyl (C=O) groups is 2. The van der Waals surface area contributed by atoms with Crippen LogP contribution in [0.1, 0.15) is 11.1 Å². The highest BCUT2D eigenvalue weighted by Crippen LogP contribution is 2.42. The number of rotatable bonds is 8. The van der Waals surface area contributed by atoms with E-state index in [4.69, 9.17) is 27.9 Å². The molecule has 1 saturated heterocycles. The lowest BCUT2D eigenvalue weighted by molar-refractivity contribution is -0.117. The van der Waals surface area contributed by atoms with Crippen LogP contribution in [-0.4, -0.2) is 30.7 Å². The number of nitrogens with zero attached hydrogens (tertiary/aromatic N) is 2. The van der Waals surface area contributed by atoms with Gasteiger partial charge in [0, 0.05) is 22.3 Å². The molecule has 37 heavy (non-hydrogen) atoms. The molecule has 188 valence electrons. The van der Waals surface area contributed by atoms with Crippen molar-refractivity contribution in [3.05, 3.63) is 105 Å². The first-order valence-electron chi connectivity index (χ1n) is 11.5. The molecule has 9 heteroatoms. The number of hydrogen-bond donors (Lipinski definition) is 1. The number of ether oxygens (including phenoxy) is 1. The quantitative estimate of drug-likeness (QED) is 0.283. The highest BCUT2D eigenvalue weighted by molar-refractivity contribution is 8.05. The SMILES string of the molecule is COc1ccc(CCNC(=O)/C(C#N)=C2/S[C@@H](Cc3cc(Cl)ccc3Cl)C(=O)N2c2ccccc2)cc1. The second-order valence-corrected chi connectivity index (χ2v) is 10.2. The van der Waals surface area contributed by atoms with Crippen LogP contribution >= 0.6 is 35.0 Å². The second-order valence-electron chi connectivity index (χ2n) is 8.20. The molecule has 1 aliphatic heterocycles. The van der Waals surface area contributed by atoms with Crippen LogP contribution in [0.15, 0.2) is 83.4 Å². The molecule has 0 aromatic heterocycles. The van der Waals surface area contributed by atoms with E-state index in [0.717, 1.165) is 16.9 Å². The van der Waals surface area contributed by atoms with Gasteiger partial charge in [0.15, 0.2) is 0 Å². The first-order valence-corrected chi connectivity index (χ1v) is 13.1. The predicted molar refractivity (Wildman–Crippen MR) is 148 cm³/mol. The second kappa shape index (κ2) is 12.2. The summed E-state index contributed by atoms with van der Waals surface area (Å²) in [5, 5.41) is 13.5. The minimum absolute atomic E-state index is 0.114. The molecule has 1 atom stereocenters. The zero-order valence-corrected chi connectivity index (χ0v) is 22.2. The molecule has 0 aliphatic carbocycles. The zero-order chi connectivity index (χ0) is 26.4. The van der Waals surface area contributed by atoms with E-state index in [9.17, 15) is 14.9 Å². The molecule has 1 aliphatic rings. The van der Waals surface area contributed by atoms with Gasteiger partial charge in [-0.05, 0) is 66.4 Å². The van der Waals surface area contributed by atoms with Gasteiger partial charge in [-0.3, -0.25) is 14.5 Å². The number of nitriles is 1. The molecule has 1 N–H and O–H groups in total. The molecule has 0 unspecified atom stereocenters. The number of thioether (sulfide) groups is 1. The molecule has 1 fully saturated rings. The van der Waals surface area contributed by atoms with Crippen LogP contribution in [0.2, 0.25) is 10.0 Å². The van der Waals surface area contributed by atoms with E-state index in [-0.39, 0.29) is 11.5 Å². The fourth-order valence-corrected chi connectivity index (χ4v) is 5.58. The molecule has 6 nitrogen and oxygen atoms in total. The lowest BCUT2D eigenvalue weighted by atomic mass is 10.1. The van der Waals surface area contributed by atoms with Crippen molar-refractivity contribution < 1.29 is 14.3 Å². The van der Waals surface area contributed by atoms with Gasteiger partial charge >= 0.3 is 0 Å². The van der Waals surface area contributed by atoms with Crippen molar-refractivity contribution >= 4 is 52.5 Å². The van der Waals surface area contributed by atoms with Crippen molar-refractivity contribution in [2.45, 2.75) is 18.1 Å². The zero-order valence-electron chi connectivity index (χ0n) is 19.9. The normalized spacial score (nSPS) is 16.3. The molecule has 1 heterocycles. The Hall–Kier alpha value is -3.44. The summed E-state index contributed by atoms with van der Waals surface area (Å²) >= 11 is 13.7. The van der Waals surface area contributed by atoms with Crippen LogP contribution < -0.4 is 15.0 Å². The van der Waals surface area contributed by atoms with Crippen molar-refractivity contribution in [2.75, 3.05) is 18.6 Å². The summed E-state index contributed by atoms with van der Waals surface area (Å²) < 4.78 is 5.17. The highest BCUT2D eigenvalue weighted by Gasteiger charge is 2.41. The van der Waals surface area contributed by atoms with Gasteiger partial charge in [0.1, 0.15) is 22.4 Å². The smallest absolute Gasteiger partial charge is 0.264 e. The highest BCUT2D eigenvalue weighted by atomic mass is 35.5. The Balaban J connectivity index is 1.58. The Kier molecular flexibility index (Phi) is 8.78. The molecule has 0 saturated carbocycles. The maximum absolute atomic E-state index is 13.6. The van der Waals surface area contributed by atoms with Gasteiger partial charge in [0.25, 0.3) is 5.91 Å². The Morgan fingerprint density at radius 3 is 2.51 bits per heavy atom. The number of nitrogens with one attached hydrogen (secondary N) is 1. The first-order chi connectivity index (χ1) is 17.9. The Bertz CT molecular complexity index is 1370. The fraction of sp³-hybridized carbons (Fsp3) is 0.179. The van der Waals surface area contributed by atoms with Crippen LogP contribution in [-0.2, 0) is 22.4 Å². The fourth-order valence-electron chi connectivity index (χ4n) is 3.90. The van der Waals surface area contributed by atoms with E-state index in [1.54, 1.807) is 49.6 Å². The Labute approximate surface area is 229 Å². The summed E-state index contributed by atoms with van der Waals surface area (Å²) in [4.78, 5) is 28.1. The number of benzene rings is 3. The molecule has 2 amide bonds. The molecule has 0 spiro atoms. The van der Waals surface area contributed by atoms with E-state index >= 15 is 0 Å². The third kappa shape index (κ3) is 6.28. The van der Waals surface area contributed by atoms with Gasteiger partial charge in [-0.2, -0.15) is 5.26 Å². The third-order valence-electron chi connectivity index (χ3n) is 5.79. The van der Waals surface area contributed by atoms with Crippen molar-refractivity contribution in [3.8, 4) is 11.8 Å². The number of para-hydroxylation sites is 1. The van der Waals surface area contributed by atoms with Gasteiger partial charge in [-0.1, -0.05) is 65.3 Å². The number of carbonyl (C=O) groups excluding carboxylic acids is 2. The van der Waals surface area contributed by atoms with Crippen LogP contribution in [0, 0.1) is 11.3 Å². The summed E-state index contributed by atoms with van der Waals surface area (Å²) in [6, 6.07) is 23.6. The Morgan fingerprint density at radius 2 is 1.84 bits per heavy atom. The van der Waals surface area contributed by atoms with E-state index in [1.807, 2.05) is 36.4 Å². The van der Waals surface area contributed by atoms with Gasteiger partial charge in [0.2, 0.25) is 5.91 Å². The average molecular weight is 552 g/mol. The van der Waals surface area contributed by atoms with E-state index in [0.29, 0.717) is 40.1 Å². The van der Waals surface area contributed by atoms with E-state index in [2.05, 4.69) is 5.32 Å². The van der Waals surface area contributed by atoms with Crippen molar-refractivity contribution in [3.63, 3.8) is 0 Å². The topological polar surface area (TPSA) is 82.4 Å². The monoisotopic (exact) mass is 551 g/mol. The summed E-state index contributed by atoms with van der Waals surface area (Å²) in [5.41, 5.74) is 2.20. The lowest BCUT2D eigenvalue weighted by Gasteiger charge is -2.18. The molecule has 0 radical (unpaired) electrons. The summed E-state index contributed by atoms with van der Waals surface area (Å²) in [5.74, 6) is -0.0171. The maximum Gasteiger partial charge on any atom is 0.264 e. The molecule has 4 rings (SSSR count).